The summed E-state index contributed by atoms with van der Waals surface area (Å²) in [5, 5.41) is 3.01. The second kappa shape index (κ2) is 9.35. The molecule has 0 bridgehead atoms. The predicted octanol–water partition coefficient (Wildman–Crippen LogP) is 3.61. The number of nitrogens with zero attached hydrogens (tertiary/aromatic N) is 3. The highest BCUT2D eigenvalue weighted by Crippen LogP contribution is 2.48. The van der Waals surface area contributed by atoms with Gasteiger partial charge < -0.3 is 10.1 Å². The molecule has 7 nitrogen and oxygen atoms in total. The average molecular weight is 475 g/mol. The summed E-state index contributed by atoms with van der Waals surface area (Å²) in [6, 6.07) is 7.19. The quantitative estimate of drug-likeness (QED) is 0.620. The van der Waals surface area contributed by atoms with Gasteiger partial charge in [0.05, 0.1) is 0 Å². The van der Waals surface area contributed by atoms with Gasteiger partial charge in [0.25, 0.3) is 17.4 Å². The zero-order valence-corrected chi connectivity index (χ0v) is 19.5. The van der Waals surface area contributed by atoms with Crippen LogP contribution in [0.1, 0.15) is 50.7 Å². The van der Waals surface area contributed by atoms with Crippen molar-refractivity contribution in [2.45, 2.75) is 62.2 Å². The van der Waals surface area contributed by atoms with E-state index in [-0.39, 0.29) is 11.5 Å². The smallest absolute Gasteiger partial charge is 0.278 e. The second-order valence-corrected chi connectivity index (χ2v) is 9.52. The van der Waals surface area contributed by atoms with Crippen LogP contribution in [0, 0.1) is 0 Å². The summed E-state index contributed by atoms with van der Waals surface area (Å²) in [6.07, 6.45) is 7.73. The number of anilines is 1. The predicted molar refractivity (Wildman–Crippen MR) is 123 cm³/mol. The molecule has 2 aliphatic rings. The summed E-state index contributed by atoms with van der Waals surface area (Å²) in [5.41, 5.74) is -1.99. The van der Waals surface area contributed by atoms with E-state index in [0.717, 1.165) is 23.3 Å². The molecule has 1 unspecified atom stereocenters. The number of carbonyl (C=O) groups excluding carboxylic acids is 2. The topological polar surface area (TPSA) is 84.4 Å². The number of amides is 2. The highest BCUT2D eigenvalue weighted by Gasteiger charge is 2.48. The van der Waals surface area contributed by atoms with Crippen LogP contribution >= 0.6 is 11.6 Å². The molecule has 1 saturated carbocycles. The van der Waals surface area contributed by atoms with Crippen LogP contribution in [-0.2, 0) is 25.3 Å². The first-order chi connectivity index (χ1) is 15.8. The van der Waals surface area contributed by atoms with Crippen LogP contribution in [0.4, 0.5) is 10.1 Å². The van der Waals surface area contributed by atoms with Crippen molar-refractivity contribution in [1.29, 1.82) is 0 Å². The zero-order chi connectivity index (χ0) is 23.6. The minimum atomic E-state index is -2.33. The van der Waals surface area contributed by atoms with Crippen molar-refractivity contribution in [2.24, 2.45) is 0 Å². The number of benzene rings is 1. The van der Waals surface area contributed by atoms with Crippen LogP contribution in [0.2, 0.25) is 0 Å². The van der Waals surface area contributed by atoms with Crippen LogP contribution in [0.25, 0.3) is 0 Å². The number of halogens is 2. The van der Waals surface area contributed by atoms with Gasteiger partial charge in [-0.2, -0.15) is 0 Å². The van der Waals surface area contributed by atoms with Gasteiger partial charge >= 0.3 is 0 Å². The Bertz CT molecular complexity index is 995. The molecule has 1 saturated heterocycles. The highest BCUT2D eigenvalue weighted by atomic mass is 35.5. The number of alkyl halides is 2. The van der Waals surface area contributed by atoms with Crippen LogP contribution in [0.5, 0.6) is 0 Å². The van der Waals surface area contributed by atoms with Gasteiger partial charge in [-0.15, -0.1) is 0 Å². The maximum Gasteiger partial charge on any atom is 0.278 e. The molecule has 2 amide bonds. The Hall–Kier alpha value is -2.58. The molecule has 176 valence electrons. The van der Waals surface area contributed by atoms with Gasteiger partial charge in [0.15, 0.2) is 5.54 Å². The van der Waals surface area contributed by atoms with Crippen molar-refractivity contribution >= 4 is 29.1 Å². The SMILES string of the molecule is CC1(c2ccc(N(C(=O)[C@H](F)Cl)C(C)(C(=O)NC3CCOCC3)c3cncnc3)cc2)CC1. The van der Waals surface area contributed by atoms with Crippen LogP contribution in [0.3, 0.4) is 0 Å². The Morgan fingerprint density at radius 2 is 1.82 bits per heavy atom. The van der Waals surface area contributed by atoms with E-state index in [1.54, 1.807) is 19.1 Å². The lowest BCUT2D eigenvalue weighted by Gasteiger charge is -2.41. The van der Waals surface area contributed by atoms with Crippen LogP contribution in [-0.4, -0.2) is 46.7 Å². The van der Waals surface area contributed by atoms with E-state index in [1.165, 1.54) is 18.7 Å². The monoisotopic (exact) mass is 474 g/mol. The van der Waals surface area contributed by atoms with Gasteiger partial charge in [-0.05, 0) is 55.7 Å². The molecular formula is C24H28ClFN4O3. The Balaban J connectivity index is 1.77. The molecule has 1 aliphatic carbocycles. The molecular weight excluding hydrogens is 447 g/mol. The third kappa shape index (κ3) is 4.73. The first-order valence-electron chi connectivity index (χ1n) is 11.1. The molecule has 1 aliphatic heterocycles. The molecule has 1 aromatic heterocycles. The van der Waals surface area contributed by atoms with Gasteiger partial charge in [-0.1, -0.05) is 30.7 Å². The number of hydrogen-bond acceptors (Lipinski definition) is 5. The Morgan fingerprint density at radius 1 is 1.21 bits per heavy atom. The van der Waals surface area contributed by atoms with E-state index in [1.807, 2.05) is 12.1 Å². The first kappa shape index (κ1) is 23.6. The number of ether oxygens (including phenoxy) is 1. The summed E-state index contributed by atoms with van der Waals surface area (Å²) >= 11 is 5.64. The molecule has 2 atom stereocenters. The summed E-state index contributed by atoms with van der Waals surface area (Å²) in [4.78, 5) is 36.1. The molecule has 1 N–H and O–H groups in total. The van der Waals surface area contributed by atoms with Crippen molar-refractivity contribution in [3.05, 3.63) is 54.1 Å². The molecule has 2 heterocycles. The fourth-order valence-corrected chi connectivity index (χ4v) is 4.37. The number of nitrogens with one attached hydrogen (secondary N) is 1. The van der Waals surface area contributed by atoms with E-state index in [9.17, 15) is 14.0 Å². The van der Waals surface area contributed by atoms with Gasteiger partial charge in [-0.25, -0.2) is 14.4 Å². The fraction of sp³-hybridized carbons (Fsp3) is 0.500. The fourth-order valence-electron chi connectivity index (χ4n) is 4.27. The molecule has 4 rings (SSSR count). The maximum atomic E-state index is 14.3. The lowest BCUT2D eigenvalue weighted by molar-refractivity contribution is -0.132. The average Bonchev–Trinajstić information content (AvgIpc) is 3.59. The Morgan fingerprint density at radius 3 is 2.36 bits per heavy atom. The van der Waals surface area contributed by atoms with Crippen molar-refractivity contribution in [1.82, 2.24) is 15.3 Å². The van der Waals surface area contributed by atoms with Gasteiger partial charge in [0.1, 0.15) is 6.33 Å². The second-order valence-electron chi connectivity index (χ2n) is 9.14. The third-order valence-electron chi connectivity index (χ3n) is 6.80. The Kier molecular flexibility index (Phi) is 6.68. The van der Waals surface area contributed by atoms with Crippen LogP contribution in [0.15, 0.2) is 43.0 Å². The minimum Gasteiger partial charge on any atom is -0.381 e. The molecule has 33 heavy (non-hydrogen) atoms. The molecule has 9 heteroatoms. The molecule has 2 aromatic rings. The van der Waals surface area contributed by atoms with Gasteiger partial charge in [0.2, 0.25) is 0 Å². The molecule has 1 aromatic carbocycles. The summed E-state index contributed by atoms with van der Waals surface area (Å²) in [5.74, 6) is -1.50. The Labute approximate surface area is 197 Å². The van der Waals surface area contributed by atoms with E-state index in [2.05, 4.69) is 22.2 Å². The lowest BCUT2D eigenvalue weighted by atomic mass is 9.88. The maximum absolute atomic E-state index is 14.3. The highest BCUT2D eigenvalue weighted by molar-refractivity contribution is 6.32. The van der Waals surface area contributed by atoms with Crippen molar-refractivity contribution < 1.29 is 18.7 Å². The summed E-state index contributed by atoms with van der Waals surface area (Å²) in [6.45, 7) is 4.81. The zero-order valence-electron chi connectivity index (χ0n) is 18.8. The van der Waals surface area contributed by atoms with Crippen LogP contribution < -0.4 is 10.2 Å². The van der Waals surface area contributed by atoms with E-state index in [0.29, 0.717) is 37.3 Å². The molecule has 2 fully saturated rings. The standard InChI is InChI=1S/C24H28ClFN4O3/c1-23(9-10-23)16-3-5-19(6-4-16)30(21(31)20(25)26)24(2,17-13-27-15-28-14-17)22(32)29-18-7-11-33-12-8-18/h3-6,13-15,18,20H,7-12H2,1-2H3,(H,29,32)/t20-,24?/m0/s1. The number of aromatic nitrogens is 2. The lowest BCUT2D eigenvalue weighted by Crippen LogP contribution is -2.60. The molecule has 0 radical (unpaired) electrons. The molecule has 0 spiro atoms. The number of carbonyl (C=O) groups is 2. The number of rotatable bonds is 7. The van der Waals surface area contributed by atoms with Crippen molar-refractivity contribution in [2.75, 3.05) is 18.1 Å². The van der Waals surface area contributed by atoms with Gasteiger partial charge in [-0.3, -0.25) is 14.5 Å². The van der Waals surface area contributed by atoms with E-state index < -0.39 is 23.0 Å². The third-order valence-corrected chi connectivity index (χ3v) is 6.98. The van der Waals surface area contributed by atoms with E-state index in [4.69, 9.17) is 16.3 Å². The largest absolute Gasteiger partial charge is 0.381 e. The number of hydrogen-bond donors (Lipinski definition) is 1. The minimum absolute atomic E-state index is 0.124. The van der Waals surface area contributed by atoms with Crippen molar-refractivity contribution in [3.63, 3.8) is 0 Å². The first-order valence-corrected chi connectivity index (χ1v) is 11.6. The van der Waals surface area contributed by atoms with E-state index >= 15 is 0 Å². The summed E-state index contributed by atoms with van der Waals surface area (Å²) < 4.78 is 19.7. The normalized spacial score (nSPS) is 20.4. The summed E-state index contributed by atoms with van der Waals surface area (Å²) in [7, 11) is 0. The van der Waals surface area contributed by atoms with Crippen molar-refractivity contribution in [3.8, 4) is 0 Å². The van der Waals surface area contributed by atoms with Gasteiger partial charge in [0, 0.05) is 42.9 Å².